The summed E-state index contributed by atoms with van der Waals surface area (Å²) in [5.74, 6) is 0.255. The van der Waals surface area contributed by atoms with E-state index >= 15 is 0 Å². The maximum absolute atomic E-state index is 11.9. The highest BCUT2D eigenvalue weighted by Gasteiger charge is 2.22. The maximum Gasteiger partial charge on any atom is 0.225 e. The molecule has 1 aromatic rings. The third-order valence-electron chi connectivity index (χ3n) is 3.92. The van der Waals surface area contributed by atoms with E-state index in [0.717, 1.165) is 23.4 Å². The Morgan fingerprint density at radius 3 is 2.71 bits per heavy atom. The van der Waals surface area contributed by atoms with E-state index in [1.54, 1.807) is 11.8 Å². The van der Waals surface area contributed by atoms with Gasteiger partial charge in [-0.15, -0.1) is 0 Å². The van der Waals surface area contributed by atoms with Crippen LogP contribution in [0.3, 0.4) is 0 Å². The summed E-state index contributed by atoms with van der Waals surface area (Å²) in [6, 6.07) is 5.53. The monoisotopic (exact) mass is 289 g/mol. The first kappa shape index (κ1) is 15.5. The Bertz CT molecular complexity index is 554. The van der Waals surface area contributed by atoms with Gasteiger partial charge in [0.2, 0.25) is 11.8 Å². The van der Waals surface area contributed by atoms with Gasteiger partial charge in [-0.3, -0.25) is 9.59 Å². The second-order valence-corrected chi connectivity index (χ2v) is 5.92. The number of nitrogens with zero attached hydrogens (tertiary/aromatic N) is 1. The fourth-order valence-electron chi connectivity index (χ4n) is 2.47. The molecule has 2 rings (SSSR count). The molecule has 0 bridgehead atoms. The summed E-state index contributed by atoms with van der Waals surface area (Å²) in [5, 5.41) is 2.88. The molecule has 2 amide bonds. The predicted octanol–water partition coefficient (Wildman–Crippen LogP) is 1.91. The fraction of sp³-hybridized carbons (Fsp3) is 0.500. The molecule has 5 heteroatoms. The summed E-state index contributed by atoms with van der Waals surface area (Å²) in [7, 11) is 0. The Kier molecular flexibility index (Phi) is 4.63. The molecule has 1 atom stereocenters. The van der Waals surface area contributed by atoms with Crippen molar-refractivity contribution in [2.24, 2.45) is 11.7 Å². The third-order valence-corrected chi connectivity index (χ3v) is 3.92. The number of benzene rings is 1. The lowest BCUT2D eigenvalue weighted by molar-refractivity contribution is -0.117. The van der Waals surface area contributed by atoms with Gasteiger partial charge in [0.05, 0.1) is 0 Å². The van der Waals surface area contributed by atoms with Crippen LogP contribution in [-0.4, -0.2) is 24.4 Å². The van der Waals surface area contributed by atoms with E-state index in [1.165, 1.54) is 0 Å². The van der Waals surface area contributed by atoms with Crippen molar-refractivity contribution in [3.63, 3.8) is 0 Å². The van der Waals surface area contributed by atoms with Crippen LogP contribution in [0.5, 0.6) is 0 Å². The van der Waals surface area contributed by atoms with Crippen LogP contribution in [0.2, 0.25) is 0 Å². The number of fused-ring (bicyclic) bond motifs is 1. The highest BCUT2D eigenvalue weighted by molar-refractivity contribution is 5.95. The molecule has 0 aliphatic carbocycles. The molecule has 0 saturated heterocycles. The lowest BCUT2D eigenvalue weighted by Crippen LogP contribution is -2.31. The molecule has 1 heterocycles. The molecule has 21 heavy (non-hydrogen) atoms. The van der Waals surface area contributed by atoms with E-state index < -0.39 is 0 Å². The summed E-state index contributed by atoms with van der Waals surface area (Å²) in [4.78, 5) is 25.2. The second kappa shape index (κ2) is 6.26. The third kappa shape index (κ3) is 3.61. The molecule has 0 aromatic heterocycles. The largest absolute Gasteiger partial charge is 0.327 e. The first-order chi connectivity index (χ1) is 9.88. The molecular formula is C16H23N3O2. The minimum Gasteiger partial charge on any atom is -0.327 e. The molecule has 114 valence electrons. The highest BCUT2D eigenvalue weighted by Crippen LogP contribution is 2.30. The number of carbonyl (C=O) groups excluding carboxylic acids is 2. The minimum absolute atomic E-state index is 0.0495. The summed E-state index contributed by atoms with van der Waals surface area (Å²) in [6.45, 7) is 6.28. The van der Waals surface area contributed by atoms with E-state index in [4.69, 9.17) is 5.73 Å². The molecule has 1 aliphatic rings. The van der Waals surface area contributed by atoms with Crippen molar-refractivity contribution < 1.29 is 9.59 Å². The second-order valence-electron chi connectivity index (χ2n) is 5.92. The van der Waals surface area contributed by atoms with Crippen molar-refractivity contribution in [1.82, 2.24) is 0 Å². The van der Waals surface area contributed by atoms with Gasteiger partial charge in [-0.05, 0) is 36.1 Å². The van der Waals surface area contributed by atoms with Gasteiger partial charge in [-0.2, -0.15) is 0 Å². The molecule has 5 nitrogen and oxygen atoms in total. The zero-order chi connectivity index (χ0) is 15.6. The van der Waals surface area contributed by atoms with Crippen LogP contribution in [-0.2, 0) is 16.0 Å². The summed E-state index contributed by atoms with van der Waals surface area (Å²) in [5.41, 5.74) is 8.71. The van der Waals surface area contributed by atoms with Crippen LogP contribution in [0, 0.1) is 5.92 Å². The number of carbonyl (C=O) groups is 2. The number of nitrogens with one attached hydrogen (secondary N) is 1. The Labute approximate surface area is 125 Å². The number of nitrogens with two attached hydrogens (primary N) is 1. The van der Waals surface area contributed by atoms with Gasteiger partial charge >= 0.3 is 0 Å². The van der Waals surface area contributed by atoms with Crippen molar-refractivity contribution in [3.05, 3.63) is 23.8 Å². The van der Waals surface area contributed by atoms with Crippen molar-refractivity contribution in [1.29, 1.82) is 0 Å². The Hall–Kier alpha value is -1.88. The smallest absolute Gasteiger partial charge is 0.225 e. The molecule has 0 radical (unpaired) electrons. The number of amides is 2. The molecule has 0 fully saturated rings. The van der Waals surface area contributed by atoms with E-state index in [1.807, 2.05) is 32.0 Å². The Morgan fingerprint density at radius 2 is 2.10 bits per heavy atom. The van der Waals surface area contributed by atoms with Crippen molar-refractivity contribution in [2.75, 3.05) is 16.8 Å². The van der Waals surface area contributed by atoms with E-state index in [0.29, 0.717) is 13.0 Å². The van der Waals surface area contributed by atoms with Crippen molar-refractivity contribution in [2.45, 2.75) is 39.7 Å². The van der Waals surface area contributed by atoms with E-state index in [9.17, 15) is 9.59 Å². The summed E-state index contributed by atoms with van der Waals surface area (Å²) < 4.78 is 0. The SMILES string of the molecule is CC(=O)N1CCc2cc(NC(=O)CC(N)C(C)C)ccc21. The van der Waals surface area contributed by atoms with Crippen LogP contribution in [0.25, 0.3) is 0 Å². The lowest BCUT2D eigenvalue weighted by Gasteiger charge is -2.16. The zero-order valence-electron chi connectivity index (χ0n) is 12.8. The molecule has 3 N–H and O–H groups in total. The van der Waals surface area contributed by atoms with Gasteiger partial charge in [-0.25, -0.2) is 0 Å². The quantitative estimate of drug-likeness (QED) is 0.889. The van der Waals surface area contributed by atoms with Crippen molar-refractivity contribution >= 4 is 23.2 Å². The molecular weight excluding hydrogens is 266 g/mol. The highest BCUT2D eigenvalue weighted by atomic mass is 16.2. The van der Waals surface area contributed by atoms with Gasteiger partial charge in [0.1, 0.15) is 0 Å². The molecule has 0 saturated carbocycles. The van der Waals surface area contributed by atoms with Gasteiger partial charge < -0.3 is 16.0 Å². The van der Waals surface area contributed by atoms with Crippen LogP contribution in [0.4, 0.5) is 11.4 Å². The van der Waals surface area contributed by atoms with Crippen molar-refractivity contribution in [3.8, 4) is 0 Å². The number of rotatable bonds is 4. The first-order valence-corrected chi connectivity index (χ1v) is 7.35. The standard InChI is InChI=1S/C16H23N3O2/c1-10(2)14(17)9-16(21)18-13-4-5-15-12(8-13)6-7-19(15)11(3)20/h4-5,8,10,14H,6-7,9,17H2,1-3H3,(H,18,21). The van der Waals surface area contributed by atoms with Gasteiger partial charge in [0, 0.05) is 37.3 Å². The van der Waals surface area contributed by atoms with E-state index in [-0.39, 0.29) is 23.8 Å². The molecule has 0 spiro atoms. The molecule has 1 unspecified atom stereocenters. The number of anilines is 2. The van der Waals surface area contributed by atoms with Crippen LogP contribution in [0.15, 0.2) is 18.2 Å². The number of hydrogen-bond donors (Lipinski definition) is 2. The zero-order valence-corrected chi connectivity index (χ0v) is 12.8. The van der Waals surface area contributed by atoms with E-state index in [2.05, 4.69) is 5.32 Å². The Balaban J connectivity index is 2.03. The number of hydrogen-bond acceptors (Lipinski definition) is 3. The van der Waals surface area contributed by atoms with Crippen LogP contribution in [0.1, 0.15) is 32.8 Å². The fourth-order valence-corrected chi connectivity index (χ4v) is 2.47. The average molecular weight is 289 g/mol. The topological polar surface area (TPSA) is 75.4 Å². The summed E-state index contributed by atoms with van der Waals surface area (Å²) in [6.07, 6.45) is 1.14. The van der Waals surface area contributed by atoms with Gasteiger partial charge in [0.25, 0.3) is 0 Å². The van der Waals surface area contributed by atoms with Gasteiger partial charge in [0.15, 0.2) is 0 Å². The average Bonchev–Trinajstić information content (AvgIpc) is 2.81. The van der Waals surface area contributed by atoms with Crippen LogP contribution < -0.4 is 16.0 Å². The maximum atomic E-state index is 11.9. The molecule has 1 aromatic carbocycles. The normalized spacial score (nSPS) is 15.0. The predicted molar refractivity (Wildman–Crippen MR) is 84.2 cm³/mol. The lowest BCUT2D eigenvalue weighted by atomic mass is 10.0. The van der Waals surface area contributed by atoms with Gasteiger partial charge in [-0.1, -0.05) is 13.8 Å². The summed E-state index contributed by atoms with van der Waals surface area (Å²) >= 11 is 0. The minimum atomic E-state index is -0.132. The Morgan fingerprint density at radius 1 is 1.38 bits per heavy atom. The van der Waals surface area contributed by atoms with Crippen LogP contribution >= 0.6 is 0 Å². The first-order valence-electron chi connectivity index (χ1n) is 7.35. The molecule has 1 aliphatic heterocycles.